The number of unbranched alkanes of at least 4 members (excludes halogenated alkanes) is 1. The van der Waals surface area contributed by atoms with Gasteiger partial charge in [-0.2, -0.15) is 0 Å². The predicted octanol–water partition coefficient (Wildman–Crippen LogP) is 1.14. The maximum Gasteiger partial charge on any atom is 0.0195 e. The summed E-state index contributed by atoms with van der Waals surface area (Å²) in [6, 6.07) is 1.03. The summed E-state index contributed by atoms with van der Waals surface area (Å²) in [5.41, 5.74) is 6.13. The maximum atomic E-state index is 6.13. The Bertz CT molecular complexity index is 172. The Morgan fingerprint density at radius 3 is 2.73 bits per heavy atom. The van der Waals surface area contributed by atoms with E-state index in [9.17, 15) is 0 Å². The van der Waals surface area contributed by atoms with Gasteiger partial charge in [-0.3, -0.25) is 4.90 Å². The van der Waals surface area contributed by atoms with Crippen LogP contribution in [-0.4, -0.2) is 55.1 Å². The minimum absolute atomic E-state index is 0.371. The number of piperazine rings is 1. The van der Waals surface area contributed by atoms with Crippen LogP contribution in [0, 0.1) is 0 Å². The number of nitrogens with two attached hydrogens (primary N) is 1. The van der Waals surface area contributed by atoms with Gasteiger partial charge in [0, 0.05) is 38.3 Å². The van der Waals surface area contributed by atoms with Crippen LogP contribution in [0.2, 0.25) is 0 Å². The van der Waals surface area contributed by atoms with Crippen LogP contribution in [0.1, 0.15) is 33.1 Å². The third-order valence-corrected chi connectivity index (χ3v) is 3.37. The Labute approximate surface area is 94.6 Å². The SMILES string of the molecule is CCCCC(N)CN1CCN(C)CC1C. The van der Waals surface area contributed by atoms with E-state index in [1.807, 2.05) is 0 Å². The summed E-state index contributed by atoms with van der Waals surface area (Å²) in [6.45, 7) is 9.16. The van der Waals surface area contributed by atoms with Crippen molar-refractivity contribution in [3.8, 4) is 0 Å². The maximum absolute atomic E-state index is 6.13. The lowest BCUT2D eigenvalue weighted by molar-refractivity contribution is 0.0934. The monoisotopic (exact) mass is 213 g/mol. The van der Waals surface area contributed by atoms with E-state index >= 15 is 0 Å². The van der Waals surface area contributed by atoms with E-state index in [0.717, 1.165) is 6.54 Å². The molecule has 0 saturated carbocycles. The van der Waals surface area contributed by atoms with Gasteiger partial charge in [-0.25, -0.2) is 0 Å². The average Bonchev–Trinajstić information content (AvgIpc) is 2.19. The third kappa shape index (κ3) is 4.49. The number of hydrogen-bond donors (Lipinski definition) is 1. The molecule has 1 aliphatic heterocycles. The molecule has 90 valence electrons. The van der Waals surface area contributed by atoms with E-state index in [4.69, 9.17) is 5.73 Å². The molecule has 0 radical (unpaired) electrons. The van der Waals surface area contributed by atoms with Crippen molar-refractivity contribution in [2.75, 3.05) is 33.2 Å². The summed E-state index contributed by atoms with van der Waals surface area (Å²) in [7, 11) is 2.20. The molecule has 0 aliphatic carbocycles. The van der Waals surface area contributed by atoms with E-state index in [2.05, 4.69) is 30.7 Å². The molecule has 1 fully saturated rings. The van der Waals surface area contributed by atoms with Crippen LogP contribution in [0.4, 0.5) is 0 Å². The molecule has 0 spiro atoms. The number of likely N-dealkylation sites (N-methyl/N-ethyl adjacent to an activating group) is 1. The average molecular weight is 213 g/mol. The molecule has 0 aromatic rings. The highest BCUT2D eigenvalue weighted by Crippen LogP contribution is 2.09. The molecule has 0 aromatic carbocycles. The molecule has 1 rings (SSSR count). The lowest BCUT2D eigenvalue weighted by Crippen LogP contribution is -2.53. The van der Waals surface area contributed by atoms with Crippen molar-refractivity contribution in [1.29, 1.82) is 0 Å². The van der Waals surface area contributed by atoms with Crippen molar-refractivity contribution < 1.29 is 0 Å². The van der Waals surface area contributed by atoms with Gasteiger partial charge in [0.1, 0.15) is 0 Å². The van der Waals surface area contributed by atoms with Crippen molar-refractivity contribution in [3.63, 3.8) is 0 Å². The Kier molecular flexibility index (Phi) is 5.58. The van der Waals surface area contributed by atoms with Crippen molar-refractivity contribution in [1.82, 2.24) is 9.80 Å². The smallest absolute Gasteiger partial charge is 0.0195 e. The van der Waals surface area contributed by atoms with Gasteiger partial charge in [0.05, 0.1) is 0 Å². The summed E-state index contributed by atoms with van der Waals surface area (Å²) in [5, 5.41) is 0. The number of hydrogen-bond acceptors (Lipinski definition) is 3. The molecular weight excluding hydrogens is 186 g/mol. The topological polar surface area (TPSA) is 32.5 Å². The molecule has 0 amide bonds. The first-order chi connectivity index (χ1) is 7.13. The molecule has 3 nitrogen and oxygen atoms in total. The van der Waals surface area contributed by atoms with Crippen molar-refractivity contribution in [2.24, 2.45) is 5.73 Å². The van der Waals surface area contributed by atoms with Crippen molar-refractivity contribution in [2.45, 2.75) is 45.2 Å². The zero-order valence-corrected chi connectivity index (χ0v) is 10.6. The normalized spacial score (nSPS) is 26.8. The highest BCUT2D eigenvalue weighted by molar-refractivity contribution is 4.80. The summed E-state index contributed by atoms with van der Waals surface area (Å²) in [6.07, 6.45) is 3.70. The molecule has 2 N–H and O–H groups in total. The zero-order valence-electron chi connectivity index (χ0n) is 10.6. The fraction of sp³-hybridized carbons (Fsp3) is 1.00. The van der Waals surface area contributed by atoms with Gasteiger partial charge in [-0.1, -0.05) is 19.8 Å². The van der Waals surface area contributed by atoms with Crippen molar-refractivity contribution in [3.05, 3.63) is 0 Å². The molecule has 0 bridgehead atoms. The Hall–Kier alpha value is -0.120. The van der Waals surface area contributed by atoms with E-state index in [1.54, 1.807) is 0 Å². The van der Waals surface area contributed by atoms with Gasteiger partial charge in [-0.05, 0) is 20.4 Å². The van der Waals surface area contributed by atoms with Crippen LogP contribution in [0.5, 0.6) is 0 Å². The predicted molar refractivity (Wildman–Crippen MR) is 66.0 cm³/mol. The second-order valence-electron chi connectivity index (χ2n) is 5.01. The second kappa shape index (κ2) is 6.46. The van der Waals surface area contributed by atoms with E-state index in [-0.39, 0.29) is 0 Å². The lowest BCUT2D eigenvalue weighted by atomic mass is 10.1. The summed E-state index contributed by atoms with van der Waals surface area (Å²) < 4.78 is 0. The molecule has 0 aromatic heterocycles. The Morgan fingerprint density at radius 2 is 2.13 bits per heavy atom. The first-order valence-electron chi connectivity index (χ1n) is 6.31. The van der Waals surface area contributed by atoms with Crippen molar-refractivity contribution >= 4 is 0 Å². The summed E-state index contributed by atoms with van der Waals surface area (Å²) in [4.78, 5) is 4.94. The van der Waals surface area contributed by atoms with Gasteiger partial charge >= 0.3 is 0 Å². The number of rotatable bonds is 5. The molecule has 1 heterocycles. The fourth-order valence-corrected chi connectivity index (χ4v) is 2.31. The first kappa shape index (κ1) is 12.9. The van der Waals surface area contributed by atoms with Gasteiger partial charge < -0.3 is 10.6 Å². The molecule has 2 unspecified atom stereocenters. The van der Waals surface area contributed by atoms with Crippen LogP contribution in [-0.2, 0) is 0 Å². The van der Waals surface area contributed by atoms with Crippen LogP contribution in [0.15, 0.2) is 0 Å². The highest BCUT2D eigenvalue weighted by atomic mass is 15.3. The first-order valence-corrected chi connectivity index (χ1v) is 6.31. The minimum atomic E-state index is 0.371. The van der Waals surface area contributed by atoms with Gasteiger partial charge in [0.25, 0.3) is 0 Å². The van der Waals surface area contributed by atoms with E-state index in [1.165, 1.54) is 38.9 Å². The second-order valence-corrected chi connectivity index (χ2v) is 5.01. The van der Waals surface area contributed by atoms with Gasteiger partial charge in [0.15, 0.2) is 0 Å². The molecule has 2 atom stereocenters. The quantitative estimate of drug-likeness (QED) is 0.743. The van der Waals surface area contributed by atoms with Crippen LogP contribution < -0.4 is 5.73 Å². The van der Waals surface area contributed by atoms with Gasteiger partial charge in [0.2, 0.25) is 0 Å². The molecule has 1 saturated heterocycles. The fourth-order valence-electron chi connectivity index (χ4n) is 2.31. The van der Waals surface area contributed by atoms with Gasteiger partial charge in [-0.15, -0.1) is 0 Å². The van der Waals surface area contributed by atoms with E-state index in [0.29, 0.717) is 12.1 Å². The highest BCUT2D eigenvalue weighted by Gasteiger charge is 2.22. The summed E-state index contributed by atoms with van der Waals surface area (Å²) in [5.74, 6) is 0. The zero-order chi connectivity index (χ0) is 11.3. The minimum Gasteiger partial charge on any atom is -0.327 e. The third-order valence-electron chi connectivity index (χ3n) is 3.37. The Balaban J connectivity index is 2.25. The van der Waals surface area contributed by atoms with Crippen LogP contribution >= 0.6 is 0 Å². The van der Waals surface area contributed by atoms with Crippen LogP contribution in [0.3, 0.4) is 0 Å². The Morgan fingerprint density at radius 1 is 1.40 bits per heavy atom. The number of nitrogens with zero attached hydrogens (tertiary/aromatic N) is 2. The molecule has 15 heavy (non-hydrogen) atoms. The molecule has 3 heteroatoms. The summed E-state index contributed by atoms with van der Waals surface area (Å²) >= 11 is 0. The lowest BCUT2D eigenvalue weighted by Gasteiger charge is -2.39. The largest absolute Gasteiger partial charge is 0.327 e. The molecule has 1 aliphatic rings. The molecular formula is C12H27N3. The van der Waals surface area contributed by atoms with Crippen LogP contribution in [0.25, 0.3) is 0 Å². The standard InChI is InChI=1S/C12H27N3/c1-4-5-6-12(13)10-15-8-7-14(3)9-11(15)2/h11-12H,4-10,13H2,1-3H3. The van der Waals surface area contributed by atoms with E-state index < -0.39 is 0 Å².